The molecule has 1 aromatic heterocycles. The lowest BCUT2D eigenvalue weighted by molar-refractivity contribution is 1.07. The molecule has 0 saturated heterocycles. The van der Waals surface area contributed by atoms with Crippen molar-refractivity contribution in [3.05, 3.63) is 187 Å². The van der Waals surface area contributed by atoms with Gasteiger partial charge in [-0.3, -0.25) is 0 Å². The molecule has 0 fully saturated rings. The van der Waals surface area contributed by atoms with E-state index in [4.69, 9.17) is 15.0 Å². The molecule has 0 spiro atoms. The molecule has 244 valence electrons. The number of aromatic nitrogens is 3. The molecule has 0 atom stereocenters. The second kappa shape index (κ2) is 12.7. The largest absolute Gasteiger partial charge is 0.208 e. The molecule has 2 heterocycles. The Morgan fingerprint density at radius 1 is 0.333 bits per heavy atom. The average molecular weight is 674 g/mol. The van der Waals surface area contributed by atoms with E-state index in [9.17, 15) is 0 Å². The minimum Gasteiger partial charge on any atom is -0.208 e. The number of aryl methyl sites for hydroxylation is 2. The van der Waals surface area contributed by atoms with E-state index in [2.05, 4.69) is 129 Å². The van der Waals surface area contributed by atoms with Crippen LogP contribution in [0.1, 0.15) is 11.1 Å². The summed E-state index contributed by atoms with van der Waals surface area (Å²) in [6, 6.07) is 63.4. The Bertz CT molecular complexity index is 2410. The van der Waals surface area contributed by atoms with Crippen LogP contribution < -0.4 is 0 Å². The average Bonchev–Trinajstić information content (AvgIpc) is 3.49. The molecule has 0 N–H and O–H groups in total. The normalized spacial score (nSPS) is 13.3. The molecule has 0 unspecified atom stereocenters. The predicted octanol–water partition coefficient (Wildman–Crippen LogP) is 12.5. The van der Waals surface area contributed by atoms with Crippen LogP contribution in [0.5, 0.6) is 0 Å². The Hall–Kier alpha value is -6.10. The Morgan fingerprint density at radius 2 is 0.745 bits per heavy atom. The third-order valence-corrected chi connectivity index (χ3v) is 13.7. The van der Waals surface area contributed by atoms with E-state index < -0.39 is 10.0 Å². The molecular weight excluding hydrogens is 639 g/mol. The topological polar surface area (TPSA) is 38.7 Å². The molecule has 8 aromatic rings. The van der Waals surface area contributed by atoms with Gasteiger partial charge < -0.3 is 0 Å². The molecule has 9 rings (SSSR count). The third-order valence-electron chi connectivity index (χ3n) is 9.74. The Kier molecular flexibility index (Phi) is 7.67. The van der Waals surface area contributed by atoms with E-state index >= 15 is 0 Å². The number of rotatable bonds is 6. The third kappa shape index (κ3) is 5.36. The number of fused-ring (bicyclic) bond motifs is 3. The van der Waals surface area contributed by atoms with Gasteiger partial charge in [0.2, 0.25) is 0 Å². The van der Waals surface area contributed by atoms with Gasteiger partial charge in [0.15, 0.2) is 17.5 Å². The second-order valence-corrected chi connectivity index (χ2v) is 16.1. The minimum atomic E-state index is -1.74. The van der Waals surface area contributed by atoms with Gasteiger partial charge in [0.05, 0.1) is 0 Å². The fraction of sp³-hybridized carbons (Fsp3) is 0.0426. The Labute approximate surface area is 300 Å². The van der Waals surface area contributed by atoms with Crippen LogP contribution in [0.15, 0.2) is 196 Å². The fourth-order valence-corrected chi connectivity index (χ4v) is 11.3. The molecule has 3 nitrogen and oxygen atoms in total. The van der Waals surface area contributed by atoms with Crippen LogP contribution in [0.3, 0.4) is 0 Å². The van der Waals surface area contributed by atoms with Gasteiger partial charge in [0.1, 0.15) is 0 Å². The SMILES string of the molecule is Cc1ccc(S2(c3ccc(C)cc3)c3ccccc3-c3ccc(-c4ccc(-c5nc(-c6ccccc6)nc(-c6ccccc6)n5)cc4)cc32)cc1. The van der Waals surface area contributed by atoms with E-state index in [0.29, 0.717) is 17.5 Å². The van der Waals surface area contributed by atoms with E-state index in [1.165, 1.54) is 47.4 Å². The van der Waals surface area contributed by atoms with Crippen LogP contribution in [-0.2, 0) is 0 Å². The van der Waals surface area contributed by atoms with Crippen LogP contribution in [0.25, 0.3) is 56.4 Å². The first-order valence-corrected chi connectivity index (χ1v) is 18.9. The lowest BCUT2D eigenvalue weighted by atomic mass is 9.99. The molecule has 0 bridgehead atoms. The quantitative estimate of drug-likeness (QED) is 0.176. The number of hydrogen-bond donors (Lipinski definition) is 0. The first-order chi connectivity index (χ1) is 25.1. The molecular formula is C47H35N3S. The highest BCUT2D eigenvalue weighted by molar-refractivity contribution is 8.34. The van der Waals surface area contributed by atoms with Crippen LogP contribution in [0, 0.1) is 13.8 Å². The van der Waals surface area contributed by atoms with E-state index in [-0.39, 0.29) is 0 Å². The van der Waals surface area contributed by atoms with E-state index in [0.717, 1.165) is 22.3 Å². The standard InChI is InChI=1S/C47H35N3S/c1-32-17-26-39(27-18-32)51(40-28-19-33(2)20-29-40)43-16-10-9-15-41(43)42-30-25-38(31-44(42)51)34-21-23-37(24-22-34)47-49-45(35-11-5-3-6-12-35)48-46(50-47)36-13-7-4-8-14-36/h3-31H,1-2H3. The number of nitrogens with zero attached hydrogens (tertiary/aromatic N) is 3. The van der Waals surface area contributed by atoms with Crippen molar-refractivity contribution in [2.45, 2.75) is 33.4 Å². The van der Waals surface area contributed by atoms with E-state index in [1.807, 2.05) is 60.7 Å². The van der Waals surface area contributed by atoms with Gasteiger partial charge >= 0.3 is 0 Å². The van der Waals surface area contributed by atoms with Crippen molar-refractivity contribution in [2.75, 3.05) is 0 Å². The fourth-order valence-electron chi connectivity index (χ4n) is 7.13. The van der Waals surface area contributed by atoms with Crippen molar-refractivity contribution >= 4 is 10.0 Å². The highest BCUT2D eigenvalue weighted by atomic mass is 32.3. The molecule has 1 aliphatic heterocycles. The predicted molar refractivity (Wildman–Crippen MR) is 210 cm³/mol. The van der Waals surface area contributed by atoms with Crippen LogP contribution in [0.2, 0.25) is 0 Å². The lowest BCUT2D eigenvalue weighted by Crippen LogP contribution is -2.02. The molecule has 0 amide bonds. The maximum atomic E-state index is 4.95. The molecule has 0 saturated carbocycles. The summed E-state index contributed by atoms with van der Waals surface area (Å²) in [5, 5.41) is 0. The van der Waals surface area contributed by atoms with Crippen molar-refractivity contribution in [2.24, 2.45) is 0 Å². The zero-order valence-electron chi connectivity index (χ0n) is 28.5. The van der Waals surface area contributed by atoms with Gasteiger partial charge in [-0.15, -0.1) is 10.0 Å². The van der Waals surface area contributed by atoms with Crippen LogP contribution in [-0.4, -0.2) is 15.0 Å². The first kappa shape index (κ1) is 30.9. The van der Waals surface area contributed by atoms with Crippen molar-refractivity contribution in [1.82, 2.24) is 15.0 Å². The van der Waals surface area contributed by atoms with Gasteiger partial charge in [0.25, 0.3) is 0 Å². The molecule has 1 aliphatic rings. The summed E-state index contributed by atoms with van der Waals surface area (Å²) in [7, 11) is -1.74. The molecule has 7 aromatic carbocycles. The molecule has 4 heteroatoms. The summed E-state index contributed by atoms with van der Waals surface area (Å²) >= 11 is 0. The lowest BCUT2D eigenvalue weighted by Gasteiger charge is -2.39. The van der Waals surface area contributed by atoms with Crippen LogP contribution >= 0.6 is 10.0 Å². The Balaban J connectivity index is 1.17. The van der Waals surface area contributed by atoms with Crippen molar-refractivity contribution in [3.63, 3.8) is 0 Å². The zero-order chi connectivity index (χ0) is 34.4. The van der Waals surface area contributed by atoms with Gasteiger partial charge in [0, 0.05) is 36.3 Å². The highest BCUT2D eigenvalue weighted by Gasteiger charge is 2.42. The highest BCUT2D eigenvalue weighted by Crippen LogP contribution is 2.80. The number of hydrogen-bond acceptors (Lipinski definition) is 3. The van der Waals surface area contributed by atoms with Crippen LogP contribution in [0.4, 0.5) is 0 Å². The minimum absolute atomic E-state index is 0.654. The van der Waals surface area contributed by atoms with Gasteiger partial charge in [-0.2, -0.15) is 0 Å². The molecule has 51 heavy (non-hydrogen) atoms. The first-order valence-electron chi connectivity index (χ1n) is 17.3. The van der Waals surface area contributed by atoms with Gasteiger partial charge in [-0.1, -0.05) is 151 Å². The summed E-state index contributed by atoms with van der Waals surface area (Å²) in [4.78, 5) is 20.3. The van der Waals surface area contributed by atoms with E-state index in [1.54, 1.807) is 0 Å². The maximum absolute atomic E-state index is 4.95. The Morgan fingerprint density at radius 3 is 1.27 bits per heavy atom. The molecule has 0 aliphatic carbocycles. The summed E-state index contributed by atoms with van der Waals surface area (Å²) in [6.07, 6.45) is 0. The monoisotopic (exact) mass is 673 g/mol. The zero-order valence-corrected chi connectivity index (χ0v) is 29.3. The summed E-state index contributed by atoms with van der Waals surface area (Å²) in [5.74, 6) is 1.97. The molecule has 0 radical (unpaired) electrons. The maximum Gasteiger partial charge on any atom is 0.164 e. The smallest absolute Gasteiger partial charge is 0.164 e. The summed E-state index contributed by atoms with van der Waals surface area (Å²) in [6.45, 7) is 4.33. The summed E-state index contributed by atoms with van der Waals surface area (Å²) in [5.41, 5.74) is 10.4. The number of benzene rings is 7. The van der Waals surface area contributed by atoms with Crippen molar-refractivity contribution in [3.8, 4) is 56.4 Å². The van der Waals surface area contributed by atoms with Crippen molar-refractivity contribution in [1.29, 1.82) is 0 Å². The van der Waals surface area contributed by atoms with Crippen molar-refractivity contribution < 1.29 is 0 Å². The second-order valence-electron chi connectivity index (χ2n) is 13.1. The van der Waals surface area contributed by atoms with Gasteiger partial charge in [-0.05, 0) is 72.5 Å². The summed E-state index contributed by atoms with van der Waals surface area (Å²) < 4.78 is 0. The van der Waals surface area contributed by atoms with Gasteiger partial charge in [-0.25, -0.2) is 15.0 Å².